The molecule has 1 aliphatic rings. The zero-order valence-electron chi connectivity index (χ0n) is 14.2. The highest BCUT2D eigenvalue weighted by atomic mass is 19.4. The van der Waals surface area contributed by atoms with E-state index in [1.807, 2.05) is 0 Å². The third-order valence-electron chi connectivity index (χ3n) is 3.63. The van der Waals surface area contributed by atoms with E-state index < -0.39 is 43.4 Å². The molecule has 1 saturated heterocycles. The van der Waals surface area contributed by atoms with Crippen LogP contribution in [0.2, 0.25) is 0 Å². The Morgan fingerprint density at radius 1 is 1.28 bits per heavy atom. The minimum atomic E-state index is -5.08. The number of fused-ring (bicyclic) bond motifs is 1. The molecule has 29 heavy (non-hydrogen) atoms. The molecule has 3 rings (SSSR count). The van der Waals surface area contributed by atoms with Crippen LogP contribution in [-0.4, -0.2) is 58.3 Å². The highest BCUT2D eigenvalue weighted by Crippen LogP contribution is 2.29. The summed E-state index contributed by atoms with van der Waals surface area (Å²) in [6, 6.07) is 4.23. The van der Waals surface area contributed by atoms with Gasteiger partial charge in [0, 0.05) is 18.0 Å². The molecule has 1 atom stereocenters. The number of hydrogen-bond donors (Lipinski definition) is 2. The van der Waals surface area contributed by atoms with Gasteiger partial charge in [-0.3, -0.25) is 4.68 Å². The summed E-state index contributed by atoms with van der Waals surface area (Å²) in [5, 5.41) is 13.8. The van der Waals surface area contributed by atoms with E-state index in [9.17, 15) is 35.1 Å². The van der Waals surface area contributed by atoms with Crippen LogP contribution in [0.25, 0.3) is 10.9 Å². The molecular formula is C15H13F8N3O3. The van der Waals surface area contributed by atoms with Gasteiger partial charge in [-0.25, -0.2) is 13.6 Å². The van der Waals surface area contributed by atoms with E-state index in [2.05, 4.69) is 10.4 Å². The van der Waals surface area contributed by atoms with Crippen molar-refractivity contribution in [3.05, 3.63) is 24.4 Å². The normalized spacial score (nSPS) is 19.0. The highest BCUT2D eigenvalue weighted by molar-refractivity contribution is 5.80. The van der Waals surface area contributed by atoms with Gasteiger partial charge in [-0.05, 0) is 12.1 Å². The zero-order chi connectivity index (χ0) is 22.0. The van der Waals surface area contributed by atoms with Gasteiger partial charge >= 0.3 is 18.3 Å². The van der Waals surface area contributed by atoms with Crippen molar-refractivity contribution in [3.8, 4) is 5.75 Å². The number of aromatic nitrogens is 2. The molecule has 0 bridgehead atoms. The van der Waals surface area contributed by atoms with E-state index in [0.717, 1.165) is 4.68 Å². The van der Waals surface area contributed by atoms with Gasteiger partial charge < -0.3 is 15.2 Å². The molecule has 0 saturated carbocycles. The van der Waals surface area contributed by atoms with Crippen molar-refractivity contribution in [3.63, 3.8) is 0 Å². The van der Waals surface area contributed by atoms with Crippen LogP contribution in [0, 0.1) is 0 Å². The Balaban J connectivity index is 0.000000370. The number of halogens is 8. The summed E-state index contributed by atoms with van der Waals surface area (Å²) in [5.74, 6) is -5.68. The summed E-state index contributed by atoms with van der Waals surface area (Å²) in [6.45, 7) is -1.75. The van der Waals surface area contributed by atoms with Crippen LogP contribution in [0.1, 0.15) is 0 Å². The van der Waals surface area contributed by atoms with Gasteiger partial charge in [0.2, 0.25) is 0 Å². The smallest absolute Gasteiger partial charge is 0.483 e. The van der Waals surface area contributed by atoms with E-state index >= 15 is 0 Å². The minimum Gasteiger partial charge on any atom is -0.483 e. The summed E-state index contributed by atoms with van der Waals surface area (Å²) in [5.41, 5.74) is 0.184. The lowest BCUT2D eigenvalue weighted by molar-refractivity contribution is -0.192. The monoisotopic (exact) mass is 435 g/mol. The number of nitrogens with one attached hydrogen (secondary N) is 1. The Kier molecular flexibility index (Phi) is 6.25. The highest BCUT2D eigenvalue weighted by Gasteiger charge is 2.46. The molecule has 0 amide bonds. The topological polar surface area (TPSA) is 76.4 Å². The van der Waals surface area contributed by atoms with Gasteiger partial charge in [0.05, 0.1) is 18.3 Å². The standard InChI is InChI=1S/C13H12F5N3O.C2HF3O2/c14-12(15)6-19-5-11(12)22-9-2-1-8-4-20-21(10(8)3-9)7-13(16,17)18;3-2(4,5)1(6)7/h1-4,11,19H,5-7H2;(H,6,7)/t11-;/m0./s1. The molecule has 0 radical (unpaired) electrons. The van der Waals surface area contributed by atoms with Gasteiger partial charge in [-0.2, -0.15) is 31.4 Å². The number of alkyl halides is 8. The molecule has 2 N–H and O–H groups in total. The van der Waals surface area contributed by atoms with Crippen molar-refractivity contribution in [2.75, 3.05) is 13.1 Å². The molecule has 14 heteroatoms. The number of ether oxygens (including phenoxy) is 1. The van der Waals surface area contributed by atoms with Crippen molar-refractivity contribution in [2.45, 2.75) is 30.9 Å². The number of aliphatic carboxylic acids is 1. The molecule has 6 nitrogen and oxygen atoms in total. The number of carboxylic acid groups (broad SMARTS) is 1. The van der Waals surface area contributed by atoms with Gasteiger partial charge in [-0.15, -0.1) is 0 Å². The summed E-state index contributed by atoms with van der Waals surface area (Å²) >= 11 is 0. The molecule has 0 aliphatic carbocycles. The van der Waals surface area contributed by atoms with Crippen molar-refractivity contribution in [2.24, 2.45) is 0 Å². The Morgan fingerprint density at radius 3 is 2.38 bits per heavy atom. The number of rotatable bonds is 3. The number of carbonyl (C=O) groups is 1. The summed E-state index contributed by atoms with van der Waals surface area (Å²) in [7, 11) is 0. The minimum absolute atomic E-state index is 0.0210. The van der Waals surface area contributed by atoms with Crippen LogP contribution in [0.4, 0.5) is 35.1 Å². The lowest BCUT2D eigenvalue weighted by Crippen LogP contribution is -2.36. The van der Waals surface area contributed by atoms with E-state index in [4.69, 9.17) is 14.6 Å². The Bertz CT molecular complexity index is 863. The van der Waals surface area contributed by atoms with Gasteiger partial charge in [0.1, 0.15) is 12.3 Å². The predicted molar refractivity (Wildman–Crippen MR) is 81.7 cm³/mol. The van der Waals surface area contributed by atoms with Gasteiger partial charge in [0.25, 0.3) is 5.92 Å². The van der Waals surface area contributed by atoms with Crippen LogP contribution in [0.3, 0.4) is 0 Å². The van der Waals surface area contributed by atoms with Crippen molar-refractivity contribution >= 4 is 16.9 Å². The fourth-order valence-electron chi connectivity index (χ4n) is 2.34. The molecule has 1 aromatic heterocycles. The number of carboxylic acids is 1. The Labute approximate surface area is 157 Å². The van der Waals surface area contributed by atoms with Crippen molar-refractivity contribution < 1.29 is 49.8 Å². The second-order valence-electron chi connectivity index (χ2n) is 5.94. The van der Waals surface area contributed by atoms with Crippen LogP contribution < -0.4 is 10.1 Å². The predicted octanol–water partition coefficient (Wildman–Crippen LogP) is 3.22. The quantitative estimate of drug-likeness (QED) is 0.725. The van der Waals surface area contributed by atoms with Crippen LogP contribution >= 0.6 is 0 Å². The third-order valence-corrected chi connectivity index (χ3v) is 3.63. The molecular weight excluding hydrogens is 422 g/mol. The van der Waals surface area contributed by atoms with Gasteiger partial charge in [-0.1, -0.05) is 0 Å². The van der Waals surface area contributed by atoms with E-state index in [-0.39, 0.29) is 17.8 Å². The first kappa shape index (κ1) is 22.6. The molecule has 162 valence electrons. The number of hydrogen-bond acceptors (Lipinski definition) is 4. The van der Waals surface area contributed by atoms with Crippen molar-refractivity contribution in [1.29, 1.82) is 0 Å². The molecule has 1 fully saturated rings. The maximum absolute atomic E-state index is 13.5. The molecule has 1 aliphatic heterocycles. The summed E-state index contributed by atoms with van der Waals surface area (Å²) in [6.07, 6.45) is -9.56. The fraction of sp³-hybridized carbons (Fsp3) is 0.467. The number of benzene rings is 1. The lowest BCUT2D eigenvalue weighted by atomic mass is 10.2. The summed E-state index contributed by atoms with van der Waals surface area (Å²) in [4.78, 5) is 8.90. The maximum Gasteiger partial charge on any atom is 0.490 e. The van der Waals surface area contributed by atoms with E-state index in [1.165, 1.54) is 24.4 Å². The Morgan fingerprint density at radius 2 is 1.90 bits per heavy atom. The fourth-order valence-corrected chi connectivity index (χ4v) is 2.34. The largest absolute Gasteiger partial charge is 0.490 e. The molecule has 0 unspecified atom stereocenters. The van der Waals surface area contributed by atoms with Gasteiger partial charge in [0.15, 0.2) is 6.10 Å². The first-order valence-corrected chi connectivity index (χ1v) is 7.77. The van der Waals surface area contributed by atoms with Crippen LogP contribution in [0.15, 0.2) is 24.4 Å². The molecule has 0 spiro atoms. The van der Waals surface area contributed by atoms with E-state index in [1.54, 1.807) is 0 Å². The first-order valence-electron chi connectivity index (χ1n) is 7.77. The lowest BCUT2D eigenvalue weighted by Gasteiger charge is -2.19. The summed E-state index contributed by atoms with van der Waals surface area (Å²) < 4.78 is 102. The molecule has 2 heterocycles. The average Bonchev–Trinajstić information content (AvgIpc) is 3.09. The van der Waals surface area contributed by atoms with E-state index in [0.29, 0.717) is 5.39 Å². The second-order valence-corrected chi connectivity index (χ2v) is 5.94. The first-order chi connectivity index (χ1) is 13.2. The maximum atomic E-state index is 13.5. The molecule has 1 aromatic carbocycles. The average molecular weight is 435 g/mol. The number of nitrogens with zero attached hydrogens (tertiary/aromatic N) is 2. The SMILES string of the molecule is FC(F)(F)Cn1ncc2ccc(O[C@H]3CNCC3(F)F)cc21.O=C(O)C(F)(F)F. The van der Waals surface area contributed by atoms with Crippen molar-refractivity contribution in [1.82, 2.24) is 15.1 Å². The second kappa shape index (κ2) is 8.00. The third kappa shape index (κ3) is 6.17. The molecule has 2 aromatic rings. The Hall–Kier alpha value is -2.64. The zero-order valence-corrected chi connectivity index (χ0v) is 14.2. The van der Waals surface area contributed by atoms with Crippen LogP contribution in [0.5, 0.6) is 5.75 Å². The van der Waals surface area contributed by atoms with Crippen LogP contribution in [-0.2, 0) is 11.3 Å².